The number of hydrogen-bond donors (Lipinski definition) is 1. The van der Waals surface area contributed by atoms with Crippen LogP contribution in [0.4, 0.5) is 0 Å². The molecule has 86 valence electrons. The first-order valence-corrected chi connectivity index (χ1v) is 5.24. The van der Waals surface area contributed by atoms with E-state index in [2.05, 4.69) is 4.98 Å². The van der Waals surface area contributed by atoms with Crippen LogP contribution < -0.4 is 11.2 Å². The number of rotatable bonds is 1. The normalized spacial score (nSPS) is 32.2. The van der Waals surface area contributed by atoms with Crippen molar-refractivity contribution in [2.75, 3.05) is 6.61 Å². The molecule has 0 amide bonds. The lowest BCUT2D eigenvalue weighted by molar-refractivity contribution is -0.149. The van der Waals surface area contributed by atoms with Gasteiger partial charge in [0.15, 0.2) is 0 Å². The molecule has 3 heterocycles. The molecule has 0 bridgehead atoms. The monoisotopic (exact) mass is 224 g/mol. The van der Waals surface area contributed by atoms with Crippen molar-refractivity contribution in [3.05, 3.63) is 32.6 Å². The molecule has 2 aliphatic heterocycles. The van der Waals surface area contributed by atoms with E-state index in [0.717, 1.165) is 0 Å². The lowest BCUT2D eigenvalue weighted by Crippen LogP contribution is -2.40. The maximum absolute atomic E-state index is 11.6. The number of aryl methyl sites for hydroxylation is 1. The van der Waals surface area contributed by atoms with E-state index in [9.17, 15) is 9.59 Å². The lowest BCUT2D eigenvalue weighted by atomic mass is 10.1. The molecule has 0 unspecified atom stereocenters. The van der Waals surface area contributed by atoms with E-state index in [1.807, 2.05) is 0 Å². The first-order valence-electron chi connectivity index (χ1n) is 5.24. The van der Waals surface area contributed by atoms with E-state index >= 15 is 0 Å². The Balaban J connectivity index is 1.97. The lowest BCUT2D eigenvalue weighted by Gasteiger charge is -2.28. The SMILES string of the molecule is Cc1cn([C@@H]2C[C@@H]3OC[C@H]3O2)c(=O)[nH]c1=O. The highest BCUT2D eigenvalue weighted by molar-refractivity contribution is 5.02. The van der Waals surface area contributed by atoms with Gasteiger partial charge in [0.2, 0.25) is 0 Å². The Labute approximate surface area is 90.8 Å². The highest BCUT2D eigenvalue weighted by Gasteiger charge is 2.44. The van der Waals surface area contributed by atoms with Gasteiger partial charge in [0, 0.05) is 18.2 Å². The van der Waals surface area contributed by atoms with E-state index in [4.69, 9.17) is 9.47 Å². The summed E-state index contributed by atoms with van der Waals surface area (Å²) < 4.78 is 12.4. The maximum atomic E-state index is 11.6. The van der Waals surface area contributed by atoms with Gasteiger partial charge in [-0.1, -0.05) is 0 Å². The summed E-state index contributed by atoms with van der Waals surface area (Å²) in [5.41, 5.74) is -0.274. The molecule has 2 fully saturated rings. The Morgan fingerprint density at radius 3 is 2.81 bits per heavy atom. The third-order valence-electron chi connectivity index (χ3n) is 3.11. The molecule has 3 atom stereocenters. The third kappa shape index (κ3) is 1.34. The van der Waals surface area contributed by atoms with Crippen LogP contribution in [0.3, 0.4) is 0 Å². The standard InChI is InChI=1S/C10H12N2O4/c1-5-3-12(10(14)11-9(5)13)8-2-6-7(16-8)4-15-6/h3,6-8H,2,4H2,1H3,(H,11,13,14)/t6-,7+,8-/m0/s1. The first kappa shape index (κ1) is 9.80. The Bertz CT molecular complexity index is 520. The van der Waals surface area contributed by atoms with Crippen LogP contribution in [0, 0.1) is 6.92 Å². The molecule has 3 rings (SSSR count). The molecule has 2 aliphatic rings. The highest BCUT2D eigenvalue weighted by Crippen LogP contribution is 2.35. The molecule has 6 nitrogen and oxygen atoms in total. The number of ether oxygens (including phenoxy) is 2. The van der Waals surface area contributed by atoms with Gasteiger partial charge in [-0.3, -0.25) is 14.3 Å². The molecule has 1 aromatic rings. The number of hydrogen-bond acceptors (Lipinski definition) is 4. The smallest absolute Gasteiger partial charge is 0.330 e. The third-order valence-corrected chi connectivity index (χ3v) is 3.11. The van der Waals surface area contributed by atoms with Gasteiger partial charge in [-0.2, -0.15) is 0 Å². The van der Waals surface area contributed by atoms with E-state index in [1.54, 1.807) is 6.92 Å². The largest absolute Gasteiger partial charge is 0.372 e. The molecule has 16 heavy (non-hydrogen) atoms. The number of nitrogens with one attached hydrogen (secondary N) is 1. The van der Waals surface area contributed by atoms with Crippen molar-refractivity contribution in [3.63, 3.8) is 0 Å². The maximum Gasteiger partial charge on any atom is 0.330 e. The second-order valence-electron chi connectivity index (χ2n) is 4.22. The Morgan fingerprint density at radius 1 is 1.44 bits per heavy atom. The summed E-state index contributed by atoms with van der Waals surface area (Å²) in [7, 11) is 0. The fourth-order valence-electron chi connectivity index (χ4n) is 2.09. The number of nitrogens with zero attached hydrogens (tertiary/aromatic N) is 1. The van der Waals surface area contributed by atoms with Crippen LogP contribution in [-0.2, 0) is 9.47 Å². The van der Waals surface area contributed by atoms with Crippen molar-refractivity contribution in [2.45, 2.75) is 31.8 Å². The van der Waals surface area contributed by atoms with Crippen LogP contribution in [0.1, 0.15) is 18.2 Å². The zero-order valence-electron chi connectivity index (χ0n) is 8.80. The van der Waals surface area contributed by atoms with Crippen molar-refractivity contribution in [2.24, 2.45) is 0 Å². The van der Waals surface area contributed by atoms with Gasteiger partial charge >= 0.3 is 5.69 Å². The molecule has 6 heteroatoms. The van der Waals surface area contributed by atoms with Crippen LogP contribution in [0.15, 0.2) is 15.8 Å². The summed E-state index contributed by atoms with van der Waals surface area (Å²) in [6.45, 7) is 2.26. The summed E-state index contributed by atoms with van der Waals surface area (Å²) in [5.74, 6) is 0. The van der Waals surface area contributed by atoms with E-state index < -0.39 is 5.69 Å². The van der Waals surface area contributed by atoms with Crippen LogP contribution in [0.25, 0.3) is 0 Å². The van der Waals surface area contributed by atoms with Crippen molar-refractivity contribution in [3.8, 4) is 0 Å². The van der Waals surface area contributed by atoms with Crippen LogP contribution in [0.5, 0.6) is 0 Å². The molecular weight excluding hydrogens is 212 g/mol. The highest BCUT2D eigenvalue weighted by atomic mass is 16.6. The minimum absolute atomic E-state index is 0.101. The van der Waals surface area contributed by atoms with Gasteiger partial charge in [-0.15, -0.1) is 0 Å². The van der Waals surface area contributed by atoms with E-state index in [0.29, 0.717) is 18.6 Å². The molecule has 2 saturated heterocycles. The molecule has 0 radical (unpaired) electrons. The summed E-state index contributed by atoms with van der Waals surface area (Å²) in [5, 5.41) is 0. The van der Waals surface area contributed by atoms with Gasteiger partial charge < -0.3 is 9.47 Å². The van der Waals surface area contributed by atoms with Gasteiger partial charge in [0.1, 0.15) is 12.3 Å². The Morgan fingerprint density at radius 2 is 2.25 bits per heavy atom. The number of aromatic amines is 1. The predicted molar refractivity (Wildman–Crippen MR) is 54.3 cm³/mol. The van der Waals surface area contributed by atoms with Crippen LogP contribution in [0.2, 0.25) is 0 Å². The zero-order valence-corrected chi connectivity index (χ0v) is 8.80. The van der Waals surface area contributed by atoms with Crippen molar-refractivity contribution >= 4 is 0 Å². The quantitative estimate of drug-likeness (QED) is 0.700. The fourth-order valence-corrected chi connectivity index (χ4v) is 2.09. The summed E-state index contributed by atoms with van der Waals surface area (Å²) in [4.78, 5) is 25.1. The average molecular weight is 224 g/mol. The minimum Gasteiger partial charge on any atom is -0.372 e. The van der Waals surface area contributed by atoms with Gasteiger partial charge in [-0.05, 0) is 6.92 Å². The number of H-pyrrole nitrogens is 1. The van der Waals surface area contributed by atoms with Gasteiger partial charge in [0.05, 0.1) is 12.7 Å². The molecular formula is C10H12N2O4. The molecule has 0 aromatic carbocycles. The average Bonchev–Trinajstić information content (AvgIpc) is 2.49. The molecule has 0 saturated carbocycles. The van der Waals surface area contributed by atoms with Crippen molar-refractivity contribution < 1.29 is 9.47 Å². The van der Waals surface area contributed by atoms with Crippen molar-refractivity contribution in [1.29, 1.82) is 0 Å². The first-order chi connectivity index (χ1) is 7.65. The Kier molecular flexibility index (Phi) is 2.02. The van der Waals surface area contributed by atoms with Crippen molar-refractivity contribution in [1.82, 2.24) is 9.55 Å². The molecule has 1 N–H and O–H groups in total. The fraction of sp³-hybridized carbons (Fsp3) is 0.600. The van der Waals surface area contributed by atoms with Gasteiger partial charge in [-0.25, -0.2) is 4.79 Å². The topological polar surface area (TPSA) is 73.3 Å². The summed E-state index contributed by atoms with van der Waals surface area (Å²) in [6, 6.07) is 0. The Hall–Kier alpha value is -1.40. The summed E-state index contributed by atoms with van der Waals surface area (Å²) in [6.07, 6.45) is 2.08. The number of fused-ring (bicyclic) bond motifs is 1. The number of aromatic nitrogens is 2. The predicted octanol–water partition coefficient (Wildman–Crippen LogP) is -0.469. The zero-order chi connectivity index (χ0) is 11.3. The van der Waals surface area contributed by atoms with Crippen LogP contribution >= 0.6 is 0 Å². The van der Waals surface area contributed by atoms with E-state index in [1.165, 1.54) is 10.8 Å². The molecule has 0 spiro atoms. The summed E-state index contributed by atoms with van der Waals surface area (Å²) >= 11 is 0. The minimum atomic E-state index is -0.429. The molecule has 0 aliphatic carbocycles. The van der Waals surface area contributed by atoms with Gasteiger partial charge in [0.25, 0.3) is 5.56 Å². The molecule has 1 aromatic heterocycles. The second kappa shape index (κ2) is 3.29. The second-order valence-corrected chi connectivity index (χ2v) is 4.22. The van der Waals surface area contributed by atoms with E-state index in [-0.39, 0.29) is 24.0 Å². The van der Waals surface area contributed by atoms with Crippen LogP contribution in [-0.4, -0.2) is 28.4 Å².